The average Bonchev–Trinajstić information content (AvgIpc) is 2.38. The summed E-state index contributed by atoms with van der Waals surface area (Å²) in [5, 5.41) is 0. The Morgan fingerprint density at radius 3 is 2.78 bits per heavy atom. The largest absolute Gasteiger partial charge is 0.489 e. The van der Waals surface area contributed by atoms with Crippen LogP contribution in [0.25, 0.3) is 0 Å². The Morgan fingerprint density at radius 2 is 2.11 bits per heavy atom. The maximum Gasteiger partial charge on any atom is 0.119 e. The molecule has 1 aliphatic heterocycles. The van der Waals surface area contributed by atoms with E-state index in [2.05, 4.69) is 36.2 Å². The molecule has 2 rings (SSSR count). The molecule has 18 heavy (non-hydrogen) atoms. The molecule has 100 valence electrons. The van der Waals surface area contributed by atoms with Crippen LogP contribution in [-0.4, -0.2) is 37.7 Å². The van der Waals surface area contributed by atoms with Crippen molar-refractivity contribution in [1.29, 1.82) is 0 Å². The fraction of sp³-hybridized carbons (Fsp3) is 0.600. The second kappa shape index (κ2) is 6.76. The number of hydrogen-bond acceptors (Lipinski definition) is 3. The minimum absolute atomic E-state index is 0.346. The van der Waals surface area contributed by atoms with Crippen LogP contribution >= 0.6 is 0 Å². The number of ether oxygens (including phenoxy) is 1. The molecular formula is C15H24N2O. The van der Waals surface area contributed by atoms with Gasteiger partial charge < -0.3 is 15.4 Å². The van der Waals surface area contributed by atoms with Crippen molar-refractivity contribution in [3.8, 4) is 5.75 Å². The lowest BCUT2D eigenvalue weighted by Crippen LogP contribution is -2.38. The molecule has 0 amide bonds. The summed E-state index contributed by atoms with van der Waals surface area (Å²) in [5.74, 6) is 0.992. The lowest BCUT2D eigenvalue weighted by atomic mass is 10.1. The van der Waals surface area contributed by atoms with Crippen LogP contribution in [0.3, 0.4) is 0 Å². The number of aryl methyl sites for hydroxylation is 1. The van der Waals surface area contributed by atoms with E-state index in [4.69, 9.17) is 10.5 Å². The molecule has 0 bridgehead atoms. The van der Waals surface area contributed by atoms with Crippen molar-refractivity contribution in [3.05, 3.63) is 29.8 Å². The Bertz CT molecular complexity index is 350. The SMILES string of the molecule is CN1CCCC(Oc2ccc(CCCN)cc2)C1. The Kier molecular flexibility index (Phi) is 5.02. The molecule has 3 nitrogen and oxygen atoms in total. The highest BCUT2D eigenvalue weighted by Crippen LogP contribution is 2.19. The molecule has 0 radical (unpaired) electrons. The van der Waals surface area contributed by atoms with Gasteiger partial charge in [0.1, 0.15) is 11.9 Å². The van der Waals surface area contributed by atoms with Gasteiger partial charge in [-0.2, -0.15) is 0 Å². The smallest absolute Gasteiger partial charge is 0.119 e. The molecule has 1 aromatic rings. The topological polar surface area (TPSA) is 38.5 Å². The van der Waals surface area contributed by atoms with E-state index in [-0.39, 0.29) is 0 Å². The van der Waals surface area contributed by atoms with Gasteiger partial charge in [-0.1, -0.05) is 12.1 Å². The molecule has 0 spiro atoms. The van der Waals surface area contributed by atoms with Crippen molar-refractivity contribution < 1.29 is 4.74 Å². The number of rotatable bonds is 5. The number of hydrogen-bond donors (Lipinski definition) is 1. The van der Waals surface area contributed by atoms with Gasteiger partial charge in [0.2, 0.25) is 0 Å². The first-order valence-corrected chi connectivity index (χ1v) is 6.92. The van der Waals surface area contributed by atoms with Crippen LogP contribution in [0.5, 0.6) is 5.75 Å². The minimum atomic E-state index is 0.346. The summed E-state index contributed by atoms with van der Waals surface area (Å²) >= 11 is 0. The zero-order chi connectivity index (χ0) is 12.8. The second-order valence-corrected chi connectivity index (χ2v) is 5.18. The number of piperidine rings is 1. The van der Waals surface area contributed by atoms with Crippen molar-refractivity contribution in [2.45, 2.75) is 31.8 Å². The van der Waals surface area contributed by atoms with Crippen LogP contribution < -0.4 is 10.5 Å². The van der Waals surface area contributed by atoms with Gasteiger partial charge in [0, 0.05) is 6.54 Å². The number of nitrogens with two attached hydrogens (primary N) is 1. The van der Waals surface area contributed by atoms with Gasteiger partial charge in [-0.25, -0.2) is 0 Å². The Balaban J connectivity index is 1.85. The average molecular weight is 248 g/mol. The molecule has 0 aromatic heterocycles. The van der Waals surface area contributed by atoms with E-state index in [0.29, 0.717) is 6.10 Å². The third-order valence-electron chi connectivity index (χ3n) is 3.48. The summed E-state index contributed by atoms with van der Waals surface area (Å²) in [6.45, 7) is 2.99. The molecule has 1 atom stereocenters. The van der Waals surface area contributed by atoms with E-state index in [0.717, 1.165) is 31.7 Å². The van der Waals surface area contributed by atoms with Gasteiger partial charge in [0.05, 0.1) is 0 Å². The number of benzene rings is 1. The first-order valence-electron chi connectivity index (χ1n) is 6.92. The van der Waals surface area contributed by atoms with E-state index >= 15 is 0 Å². The third kappa shape index (κ3) is 4.00. The van der Waals surface area contributed by atoms with Crippen molar-refractivity contribution >= 4 is 0 Å². The Hall–Kier alpha value is -1.06. The molecule has 3 heteroatoms. The van der Waals surface area contributed by atoms with Gasteiger partial charge in [0.15, 0.2) is 0 Å². The second-order valence-electron chi connectivity index (χ2n) is 5.18. The summed E-state index contributed by atoms with van der Waals surface area (Å²) in [5.41, 5.74) is 6.85. The molecule has 0 saturated carbocycles. The molecule has 1 unspecified atom stereocenters. The fourth-order valence-electron chi connectivity index (χ4n) is 2.45. The van der Waals surface area contributed by atoms with Crippen LogP contribution in [0.15, 0.2) is 24.3 Å². The molecule has 2 N–H and O–H groups in total. The summed E-state index contributed by atoms with van der Waals surface area (Å²) in [7, 11) is 2.16. The standard InChI is InChI=1S/C15H24N2O/c1-17-11-3-5-15(12-17)18-14-8-6-13(7-9-14)4-2-10-16/h6-9,15H,2-5,10-12,16H2,1H3. The zero-order valence-electron chi connectivity index (χ0n) is 11.3. The maximum absolute atomic E-state index is 6.02. The molecular weight excluding hydrogens is 224 g/mol. The number of likely N-dealkylation sites (N-methyl/N-ethyl adjacent to an activating group) is 1. The highest BCUT2D eigenvalue weighted by atomic mass is 16.5. The number of likely N-dealkylation sites (tertiary alicyclic amines) is 1. The predicted octanol–water partition coefficient (Wildman–Crippen LogP) is 2.05. The van der Waals surface area contributed by atoms with Gasteiger partial charge in [-0.05, 0) is 63.5 Å². The fourth-order valence-corrected chi connectivity index (χ4v) is 2.45. The van der Waals surface area contributed by atoms with Crippen molar-refractivity contribution in [2.75, 3.05) is 26.7 Å². The van der Waals surface area contributed by atoms with Crippen LogP contribution in [0.4, 0.5) is 0 Å². The maximum atomic E-state index is 6.02. The third-order valence-corrected chi connectivity index (χ3v) is 3.48. The molecule has 1 aromatic carbocycles. The molecule has 1 aliphatic rings. The number of nitrogens with zero attached hydrogens (tertiary/aromatic N) is 1. The van der Waals surface area contributed by atoms with Gasteiger partial charge in [-0.15, -0.1) is 0 Å². The van der Waals surface area contributed by atoms with Crippen LogP contribution in [0.2, 0.25) is 0 Å². The highest BCUT2D eigenvalue weighted by molar-refractivity contribution is 5.27. The van der Waals surface area contributed by atoms with E-state index in [1.54, 1.807) is 0 Å². The minimum Gasteiger partial charge on any atom is -0.489 e. The van der Waals surface area contributed by atoms with E-state index in [9.17, 15) is 0 Å². The molecule has 0 aliphatic carbocycles. The molecule has 1 heterocycles. The van der Waals surface area contributed by atoms with Gasteiger partial charge in [0.25, 0.3) is 0 Å². The summed E-state index contributed by atoms with van der Waals surface area (Å²) in [6, 6.07) is 8.47. The summed E-state index contributed by atoms with van der Waals surface area (Å²) in [6.07, 6.45) is 4.85. The van der Waals surface area contributed by atoms with Crippen molar-refractivity contribution in [1.82, 2.24) is 4.90 Å². The van der Waals surface area contributed by atoms with E-state index in [1.165, 1.54) is 24.9 Å². The van der Waals surface area contributed by atoms with Crippen LogP contribution in [0.1, 0.15) is 24.8 Å². The zero-order valence-corrected chi connectivity index (χ0v) is 11.3. The van der Waals surface area contributed by atoms with Crippen LogP contribution in [0, 0.1) is 0 Å². The highest BCUT2D eigenvalue weighted by Gasteiger charge is 2.18. The molecule has 1 fully saturated rings. The Morgan fingerprint density at radius 1 is 1.33 bits per heavy atom. The van der Waals surface area contributed by atoms with Crippen molar-refractivity contribution in [2.24, 2.45) is 5.73 Å². The first-order chi connectivity index (χ1) is 8.78. The van der Waals surface area contributed by atoms with E-state index in [1.807, 2.05) is 0 Å². The van der Waals surface area contributed by atoms with Gasteiger partial charge >= 0.3 is 0 Å². The normalized spacial score (nSPS) is 20.9. The first kappa shape index (κ1) is 13.4. The van der Waals surface area contributed by atoms with Gasteiger partial charge in [-0.3, -0.25) is 0 Å². The summed E-state index contributed by atoms with van der Waals surface area (Å²) in [4.78, 5) is 2.34. The molecule has 1 saturated heterocycles. The lowest BCUT2D eigenvalue weighted by molar-refractivity contribution is 0.104. The van der Waals surface area contributed by atoms with E-state index < -0.39 is 0 Å². The monoisotopic (exact) mass is 248 g/mol. The Labute approximate surface area is 110 Å². The lowest BCUT2D eigenvalue weighted by Gasteiger charge is -2.30. The van der Waals surface area contributed by atoms with Crippen molar-refractivity contribution in [3.63, 3.8) is 0 Å². The quantitative estimate of drug-likeness (QED) is 0.866. The summed E-state index contributed by atoms with van der Waals surface area (Å²) < 4.78 is 6.02. The van der Waals surface area contributed by atoms with Crippen LogP contribution in [-0.2, 0) is 6.42 Å². The predicted molar refractivity (Wildman–Crippen MR) is 75.0 cm³/mol.